The molecule has 0 aromatic heterocycles. The lowest BCUT2D eigenvalue weighted by Gasteiger charge is -2.35. The van der Waals surface area contributed by atoms with E-state index in [1.165, 1.54) is 0 Å². The summed E-state index contributed by atoms with van der Waals surface area (Å²) in [4.78, 5) is 2.39. The zero-order valence-corrected chi connectivity index (χ0v) is 10.3. The van der Waals surface area contributed by atoms with Gasteiger partial charge in [0.05, 0.1) is 11.6 Å². The van der Waals surface area contributed by atoms with Crippen LogP contribution >= 0.6 is 0 Å². The summed E-state index contributed by atoms with van der Waals surface area (Å²) in [6, 6.07) is 10.4. The van der Waals surface area contributed by atoms with E-state index in [9.17, 15) is 0 Å². The summed E-state index contributed by atoms with van der Waals surface area (Å²) in [6.07, 6.45) is 1.05. The van der Waals surface area contributed by atoms with E-state index in [2.05, 4.69) is 17.9 Å². The number of hydrogen-bond acceptors (Lipinski definition) is 3. The van der Waals surface area contributed by atoms with Crippen LogP contribution in [0.5, 0.6) is 0 Å². The molecule has 1 aliphatic rings. The molecule has 0 saturated carbocycles. The summed E-state index contributed by atoms with van der Waals surface area (Å²) < 4.78 is 0. The van der Waals surface area contributed by atoms with Gasteiger partial charge >= 0.3 is 0 Å². The van der Waals surface area contributed by atoms with Gasteiger partial charge in [-0.3, -0.25) is 4.90 Å². The smallest absolute Gasteiger partial charge is 0.0995 e. The zero-order valence-electron chi connectivity index (χ0n) is 10.3. The van der Waals surface area contributed by atoms with E-state index in [1.807, 2.05) is 24.3 Å². The predicted octanol–water partition coefficient (Wildman–Crippen LogP) is 1.73. The summed E-state index contributed by atoms with van der Waals surface area (Å²) in [5.74, 6) is 0.540. The summed E-state index contributed by atoms with van der Waals surface area (Å²) in [5, 5.41) is 9.05. The van der Waals surface area contributed by atoms with Gasteiger partial charge in [0, 0.05) is 19.1 Å². The summed E-state index contributed by atoms with van der Waals surface area (Å²) in [7, 11) is 0. The van der Waals surface area contributed by atoms with E-state index in [-0.39, 0.29) is 0 Å². The maximum atomic E-state index is 9.05. The van der Waals surface area contributed by atoms with Gasteiger partial charge in [0.1, 0.15) is 0 Å². The largest absolute Gasteiger partial charge is 0.327 e. The second-order valence-electron chi connectivity index (χ2n) is 4.93. The van der Waals surface area contributed by atoms with Gasteiger partial charge in [-0.1, -0.05) is 25.1 Å². The van der Waals surface area contributed by atoms with Crippen LogP contribution in [0.25, 0.3) is 0 Å². The maximum Gasteiger partial charge on any atom is 0.0995 e. The van der Waals surface area contributed by atoms with E-state index in [4.69, 9.17) is 11.0 Å². The Balaban J connectivity index is 2.04. The number of nitrogens with two attached hydrogens (primary N) is 1. The van der Waals surface area contributed by atoms with Crippen LogP contribution in [0.3, 0.4) is 0 Å². The lowest BCUT2D eigenvalue weighted by Crippen LogP contribution is -2.45. The number of nitrogens with zero attached hydrogens (tertiary/aromatic N) is 2. The maximum absolute atomic E-state index is 9.05. The minimum atomic E-state index is 0.331. The third-order valence-corrected chi connectivity index (χ3v) is 3.59. The van der Waals surface area contributed by atoms with Crippen LogP contribution in [0.4, 0.5) is 0 Å². The Bertz CT molecular complexity index is 422. The Morgan fingerprint density at radius 3 is 2.94 bits per heavy atom. The molecular weight excluding hydrogens is 210 g/mol. The molecule has 0 bridgehead atoms. The number of hydrogen-bond donors (Lipinski definition) is 1. The second-order valence-corrected chi connectivity index (χ2v) is 4.93. The SMILES string of the molecule is CC1CN(Cc2ccccc2C#N)CCC1N. The van der Waals surface area contributed by atoms with Crippen molar-refractivity contribution in [1.29, 1.82) is 5.26 Å². The molecule has 3 nitrogen and oxygen atoms in total. The van der Waals surface area contributed by atoms with Gasteiger partial charge in [-0.25, -0.2) is 0 Å². The van der Waals surface area contributed by atoms with Crippen molar-refractivity contribution >= 4 is 0 Å². The van der Waals surface area contributed by atoms with Gasteiger partial charge in [-0.15, -0.1) is 0 Å². The van der Waals surface area contributed by atoms with Gasteiger partial charge in [0.15, 0.2) is 0 Å². The Hall–Kier alpha value is -1.37. The van der Waals surface area contributed by atoms with Crippen molar-refractivity contribution in [1.82, 2.24) is 4.90 Å². The first-order chi connectivity index (χ1) is 8.20. The highest BCUT2D eigenvalue weighted by molar-refractivity contribution is 5.37. The van der Waals surface area contributed by atoms with Gasteiger partial charge in [-0.2, -0.15) is 5.26 Å². The molecule has 2 unspecified atom stereocenters. The number of nitriles is 1. The predicted molar refractivity (Wildman–Crippen MR) is 68.2 cm³/mol. The third-order valence-electron chi connectivity index (χ3n) is 3.59. The fourth-order valence-electron chi connectivity index (χ4n) is 2.40. The molecule has 1 aromatic carbocycles. The molecule has 0 aliphatic carbocycles. The molecule has 1 fully saturated rings. The molecule has 1 heterocycles. The van der Waals surface area contributed by atoms with Crippen molar-refractivity contribution in [2.24, 2.45) is 11.7 Å². The average molecular weight is 229 g/mol. The Morgan fingerprint density at radius 2 is 2.24 bits per heavy atom. The molecule has 2 atom stereocenters. The van der Waals surface area contributed by atoms with Crippen molar-refractivity contribution in [2.75, 3.05) is 13.1 Å². The van der Waals surface area contributed by atoms with Crippen LogP contribution in [-0.2, 0) is 6.54 Å². The second kappa shape index (κ2) is 5.31. The highest BCUT2D eigenvalue weighted by Crippen LogP contribution is 2.18. The lowest BCUT2D eigenvalue weighted by atomic mass is 9.94. The highest BCUT2D eigenvalue weighted by Gasteiger charge is 2.23. The average Bonchev–Trinajstić information content (AvgIpc) is 2.34. The van der Waals surface area contributed by atoms with Gasteiger partial charge in [-0.05, 0) is 30.5 Å². The fraction of sp³-hybridized carbons (Fsp3) is 0.500. The fourth-order valence-corrected chi connectivity index (χ4v) is 2.40. The summed E-state index contributed by atoms with van der Waals surface area (Å²) in [5.41, 5.74) is 7.92. The van der Waals surface area contributed by atoms with E-state index in [0.717, 1.165) is 37.2 Å². The first kappa shape index (κ1) is 12.1. The van der Waals surface area contributed by atoms with Crippen LogP contribution in [-0.4, -0.2) is 24.0 Å². The standard InChI is InChI=1S/C14H19N3/c1-11-9-17(7-6-14(11)16)10-13-5-3-2-4-12(13)8-15/h2-5,11,14H,6-7,9-10,16H2,1H3. The van der Waals surface area contributed by atoms with Gasteiger partial charge in [0.25, 0.3) is 0 Å². The minimum absolute atomic E-state index is 0.331. The molecule has 0 radical (unpaired) electrons. The van der Waals surface area contributed by atoms with Crippen molar-refractivity contribution in [3.63, 3.8) is 0 Å². The molecule has 1 saturated heterocycles. The van der Waals surface area contributed by atoms with Crippen molar-refractivity contribution in [3.8, 4) is 6.07 Å². The molecule has 1 aliphatic heterocycles. The monoisotopic (exact) mass is 229 g/mol. The lowest BCUT2D eigenvalue weighted by molar-refractivity contribution is 0.157. The van der Waals surface area contributed by atoms with E-state index < -0.39 is 0 Å². The highest BCUT2D eigenvalue weighted by atomic mass is 15.1. The van der Waals surface area contributed by atoms with Crippen LogP contribution in [0.15, 0.2) is 24.3 Å². The number of rotatable bonds is 2. The molecule has 2 N–H and O–H groups in total. The topological polar surface area (TPSA) is 53.0 Å². The van der Waals surface area contributed by atoms with Crippen LogP contribution in [0, 0.1) is 17.2 Å². The van der Waals surface area contributed by atoms with E-state index in [1.54, 1.807) is 0 Å². The summed E-state index contributed by atoms with van der Waals surface area (Å²) in [6.45, 7) is 5.13. The molecule has 3 heteroatoms. The van der Waals surface area contributed by atoms with E-state index >= 15 is 0 Å². The number of piperidine rings is 1. The summed E-state index contributed by atoms with van der Waals surface area (Å²) >= 11 is 0. The van der Waals surface area contributed by atoms with Crippen molar-refractivity contribution < 1.29 is 0 Å². The Kier molecular flexibility index (Phi) is 3.78. The van der Waals surface area contributed by atoms with Crippen molar-refractivity contribution in [2.45, 2.75) is 25.9 Å². The zero-order chi connectivity index (χ0) is 12.3. The van der Waals surface area contributed by atoms with Crippen LogP contribution in [0.2, 0.25) is 0 Å². The molecule has 90 valence electrons. The minimum Gasteiger partial charge on any atom is -0.327 e. The van der Waals surface area contributed by atoms with Crippen LogP contribution in [0.1, 0.15) is 24.5 Å². The molecule has 0 spiro atoms. The third kappa shape index (κ3) is 2.85. The van der Waals surface area contributed by atoms with E-state index in [0.29, 0.717) is 12.0 Å². The normalized spacial score (nSPS) is 25.5. The Morgan fingerprint density at radius 1 is 1.47 bits per heavy atom. The van der Waals surface area contributed by atoms with Crippen molar-refractivity contribution in [3.05, 3.63) is 35.4 Å². The molecule has 17 heavy (non-hydrogen) atoms. The molecular formula is C14H19N3. The first-order valence-corrected chi connectivity index (χ1v) is 6.16. The Labute approximate surface area is 103 Å². The van der Waals surface area contributed by atoms with Crippen LogP contribution < -0.4 is 5.73 Å². The molecule has 0 amide bonds. The van der Waals surface area contributed by atoms with Gasteiger partial charge < -0.3 is 5.73 Å². The van der Waals surface area contributed by atoms with Gasteiger partial charge in [0.2, 0.25) is 0 Å². The first-order valence-electron chi connectivity index (χ1n) is 6.16. The number of benzene rings is 1. The quantitative estimate of drug-likeness (QED) is 0.840. The molecule has 1 aromatic rings. The number of likely N-dealkylation sites (tertiary alicyclic amines) is 1. The molecule has 2 rings (SSSR count).